The molecule has 1 fully saturated rings. The summed E-state index contributed by atoms with van der Waals surface area (Å²) in [5.74, 6) is 0.600. The van der Waals surface area contributed by atoms with Crippen molar-refractivity contribution in [3.63, 3.8) is 0 Å². The minimum absolute atomic E-state index is 0.0700. The zero-order chi connectivity index (χ0) is 18.1. The molecule has 4 rings (SSSR count). The minimum atomic E-state index is -0.162. The Morgan fingerprint density at radius 3 is 2.77 bits per heavy atom. The lowest BCUT2D eigenvalue weighted by atomic mass is 9.82. The number of carbonyl (C=O) groups excluding carboxylic acids is 1. The second kappa shape index (κ2) is 6.89. The maximum absolute atomic E-state index is 13.5. The van der Waals surface area contributed by atoms with Gasteiger partial charge in [0.25, 0.3) is 0 Å². The number of benzene rings is 1. The number of para-hydroxylation sites is 1. The third kappa shape index (κ3) is 2.76. The Labute approximate surface area is 157 Å². The van der Waals surface area contributed by atoms with E-state index in [-0.39, 0.29) is 23.5 Å². The number of allylic oxidation sites excluding steroid dienone is 2. The second-order valence-corrected chi connectivity index (χ2v) is 7.41. The molecule has 1 saturated carbocycles. The van der Waals surface area contributed by atoms with E-state index in [2.05, 4.69) is 35.0 Å². The van der Waals surface area contributed by atoms with Crippen LogP contribution < -0.4 is 0 Å². The summed E-state index contributed by atoms with van der Waals surface area (Å²) < 4.78 is 1.87. The van der Waals surface area contributed by atoms with Crippen LogP contribution in [-0.4, -0.2) is 15.3 Å². The summed E-state index contributed by atoms with van der Waals surface area (Å²) in [4.78, 5) is 17.8. The highest BCUT2D eigenvalue weighted by Gasteiger charge is 2.43. The third-order valence-electron chi connectivity index (χ3n) is 5.19. The topological polar surface area (TPSA) is 34.9 Å². The summed E-state index contributed by atoms with van der Waals surface area (Å²) in [6.45, 7) is 8.20. The predicted octanol–water partition coefficient (Wildman–Crippen LogP) is 5.28. The molecular weight excluding hydrogens is 340 g/mol. The first-order valence-corrected chi connectivity index (χ1v) is 9.60. The molecule has 130 valence electrons. The predicted molar refractivity (Wildman–Crippen MR) is 106 cm³/mol. The molecule has 3 aromatic rings. The van der Waals surface area contributed by atoms with E-state index in [1.807, 2.05) is 47.2 Å². The number of hydrogen-bond donors (Lipinski definition) is 0. The first kappa shape index (κ1) is 16.7. The Morgan fingerprint density at radius 2 is 2.08 bits per heavy atom. The molecule has 1 aliphatic carbocycles. The van der Waals surface area contributed by atoms with E-state index in [1.165, 1.54) is 5.56 Å². The molecule has 1 aliphatic rings. The van der Waals surface area contributed by atoms with Gasteiger partial charge >= 0.3 is 0 Å². The van der Waals surface area contributed by atoms with E-state index in [4.69, 9.17) is 0 Å². The molecule has 1 aromatic carbocycles. The number of Topliss-reactive ketones (excluding diaryl/α,β-unsaturated/α-hetero) is 1. The molecule has 2 aromatic heterocycles. The average molecular weight is 360 g/mol. The zero-order valence-corrected chi connectivity index (χ0v) is 15.2. The van der Waals surface area contributed by atoms with E-state index in [9.17, 15) is 4.79 Å². The molecule has 3 atom stereocenters. The largest absolute Gasteiger partial charge is 0.297 e. The Morgan fingerprint density at radius 1 is 1.27 bits per heavy atom. The fraction of sp³-hybridized carbons (Fsp3) is 0.182. The van der Waals surface area contributed by atoms with E-state index < -0.39 is 0 Å². The number of rotatable bonds is 5. The number of imidazole rings is 1. The van der Waals surface area contributed by atoms with Gasteiger partial charge in [0.2, 0.25) is 5.78 Å². The summed E-state index contributed by atoms with van der Waals surface area (Å²) in [6, 6.07) is 12.0. The SMILES string of the molecule is C=C[C@H]1C(=C)C[C@H](C(=O)c2nccn2-c2ccccc2)[C@H]1c1ccsc1. The van der Waals surface area contributed by atoms with Crippen LogP contribution in [0.5, 0.6) is 0 Å². The molecule has 0 radical (unpaired) electrons. The molecule has 0 N–H and O–H groups in total. The first-order valence-electron chi connectivity index (χ1n) is 8.66. The lowest BCUT2D eigenvalue weighted by Crippen LogP contribution is -2.23. The van der Waals surface area contributed by atoms with Crippen LogP contribution in [0.2, 0.25) is 0 Å². The van der Waals surface area contributed by atoms with Crippen molar-refractivity contribution in [1.29, 1.82) is 0 Å². The zero-order valence-electron chi connectivity index (χ0n) is 14.4. The summed E-state index contributed by atoms with van der Waals surface area (Å²) in [5, 5.41) is 4.19. The molecule has 0 spiro atoms. The molecule has 26 heavy (non-hydrogen) atoms. The molecule has 0 aliphatic heterocycles. The Kier molecular flexibility index (Phi) is 4.43. The fourth-order valence-electron chi connectivity index (χ4n) is 3.97. The molecule has 3 nitrogen and oxygen atoms in total. The number of ketones is 1. The lowest BCUT2D eigenvalue weighted by molar-refractivity contribution is 0.0897. The van der Waals surface area contributed by atoms with Crippen LogP contribution in [0.4, 0.5) is 0 Å². The summed E-state index contributed by atoms with van der Waals surface area (Å²) >= 11 is 1.66. The van der Waals surface area contributed by atoms with Gasteiger partial charge in [0.1, 0.15) is 0 Å². The van der Waals surface area contributed by atoms with Crippen LogP contribution >= 0.6 is 11.3 Å². The van der Waals surface area contributed by atoms with Crippen molar-refractivity contribution < 1.29 is 4.79 Å². The van der Waals surface area contributed by atoms with Crippen molar-refractivity contribution in [1.82, 2.24) is 9.55 Å². The van der Waals surface area contributed by atoms with Crippen LogP contribution in [0.15, 0.2) is 84.4 Å². The average Bonchev–Trinajstić information content (AvgIpc) is 3.41. The van der Waals surface area contributed by atoms with Crippen molar-refractivity contribution >= 4 is 17.1 Å². The third-order valence-corrected chi connectivity index (χ3v) is 5.89. The molecule has 0 amide bonds. The lowest BCUT2D eigenvalue weighted by Gasteiger charge is -2.21. The second-order valence-electron chi connectivity index (χ2n) is 6.63. The van der Waals surface area contributed by atoms with E-state index in [1.54, 1.807) is 17.5 Å². The van der Waals surface area contributed by atoms with E-state index in [0.717, 1.165) is 11.3 Å². The number of hydrogen-bond acceptors (Lipinski definition) is 3. The van der Waals surface area contributed by atoms with Gasteiger partial charge in [-0.3, -0.25) is 9.36 Å². The van der Waals surface area contributed by atoms with Gasteiger partial charge in [0, 0.05) is 35.8 Å². The van der Waals surface area contributed by atoms with Crippen molar-refractivity contribution in [3.8, 4) is 5.69 Å². The number of aromatic nitrogens is 2. The van der Waals surface area contributed by atoms with Gasteiger partial charge in [-0.05, 0) is 40.9 Å². The number of thiophene rings is 1. The van der Waals surface area contributed by atoms with Gasteiger partial charge in [-0.2, -0.15) is 11.3 Å². The summed E-state index contributed by atoms with van der Waals surface area (Å²) in [7, 11) is 0. The van der Waals surface area contributed by atoms with Crippen LogP contribution in [0.1, 0.15) is 28.5 Å². The molecule has 2 heterocycles. The molecule has 0 saturated heterocycles. The van der Waals surface area contributed by atoms with Gasteiger partial charge in [0.15, 0.2) is 5.82 Å². The van der Waals surface area contributed by atoms with Crippen molar-refractivity contribution in [3.05, 3.63) is 95.7 Å². The van der Waals surface area contributed by atoms with E-state index >= 15 is 0 Å². The maximum Gasteiger partial charge on any atom is 0.202 e. The molecule has 4 heteroatoms. The highest BCUT2D eigenvalue weighted by molar-refractivity contribution is 7.08. The fourth-order valence-corrected chi connectivity index (χ4v) is 4.68. The van der Waals surface area contributed by atoms with Crippen LogP contribution in [0.25, 0.3) is 5.69 Å². The first-order chi connectivity index (χ1) is 12.7. The van der Waals surface area contributed by atoms with Crippen molar-refractivity contribution in [2.45, 2.75) is 12.3 Å². The maximum atomic E-state index is 13.5. The highest BCUT2D eigenvalue weighted by atomic mass is 32.1. The smallest absolute Gasteiger partial charge is 0.202 e. The number of nitrogens with zero attached hydrogens (tertiary/aromatic N) is 2. The van der Waals surface area contributed by atoms with Gasteiger partial charge in [-0.1, -0.05) is 36.4 Å². The Hall–Kier alpha value is -2.72. The quantitative estimate of drug-likeness (QED) is 0.458. The van der Waals surface area contributed by atoms with Crippen LogP contribution in [0, 0.1) is 11.8 Å². The van der Waals surface area contributed by atoms with Gasteiger partial charge in [-0.25, -0.2) is 4.98 Å². The number of carbonyl (C=O) groups is 1. The van der Waals surface area contributed by atoms with Gasteiger partial charge in [0.05, 0.1) is 0 Å². The van der Waals surface area contributed by atoms with Gasteiger partial charge in [-0.15, -0.1) is 6.58 Å². The normalized spacial score (nSPS) is 22.5. The highest BCUT2D eigenvalue weighted by Crippen LogP contribution is 2.49. The molecule has 0 unspecified atom stereocenters. The molecule has 0 bridgehead atoms. The van der Waals surface area contributed by atoms with E-state index in [0.29, 0.717) is 12.2 Å². The monoisotopic (exact) mass is 360 g/mol. The van der Waals surface area contributed by atoms with Crippen molar-refractivity contribution in [2.75, 3.05) is 0 Å². The minimum Gasteiger partial charge on any atom is -0.297 e. The van der Waals surface area contributed by atoms with Crippen LogP contribution in [-0.2, 0) is 0 Å². The molecular formula is C22H20N2OS. The Balaban J connectivity index is 1.73. The standard InChI is InChI=1S/C22H20N2OS/c1-3-18-15(2)13-19(20(18)16-9-12-26-14-16)21(25)22-23-10-11-24(22)17-7-5-4-6-8-17/h3-12,14,18-20H,1-2,13H2/t18-,19-,20-/m0/s1. The van der Waals surface area contributed by atoms with Gasteiger partial charge < -0.3 is 0 Å². The summed E-state index contributed by atoms with van der Waals surface area (Å²) in [5.41, 5.74) is 3.21. The van der Waals surface area contributed by atoms with Crippen LogP contribution in [0.3, 0.4) is 0 Å². The Bertz CT molecular complexity index is 940. The summed E-state index contributed by atoms with van der Waals surface area (Å²) in [6.07, 6.45) is 6.14. The van der Waals surface area contributed by atoms with Crippen molar-refractivity contribution in [2.24, 2.45) is 11.8 Å².